The Labute approximate surface area is 443 Å². The summed E-state index contributed by atoms with van der Waals surface area (Å²) in [4.78, 5) is 23.3. The van der Waals surface area contributed by atoms with Crippen molar-refractivity contribution in [3.05, 3.63) is 24.3 Å². The predicted molar refractivity (Wildman–Crippen MR) is 309 cm³/mol. The van der Waals surface area contributed by atoms with Crippen LogP contribution in [0.3, 0.4) is 0 Å². The smallest absolute Gasteiger partial charge is 0.387 e. The minimum atomic E-state index is -4.35. The first-order chi connectivity index (χ1) is 34.5. The van der Waals surface area contributed by atoms with Gasteiger partial charge in [-0.05, 0) is 32.1 Å². The molecule has 422 valence electrons. The van der Waals surface area contributed by atoms with E-state index in [0.717, 1.165) is 38.5 Å². The Morgan fingerprint density at radius 2 is 0.775 bits per heavy atom. The molecule has 0 fully saturated rings. The van der Waals surface area contributed by atoms with Crippen molar-refractivity contribution < 1.29 is 32.9 Å². The van der Waals surface area contributed by atoms with Gasteiger partial charge in [0.25, 0.3) is 0 Å². The number of hydrogen-bond acceptors (Lipinski definition) is 5. The number of nitrogens with one attached hydrogen (secondary N) is 1. The fourth-order valence-electron chi connectivity index (χ4n) is 9.53. The molecule has 71 heavy (non-hydrogen) atoms. The average Bonchev–Trinajstić information content (AvgIpc) is 3.33. The zero-order valence-electron chi connectivity index (χ0n) is 48.2. The van der Waals surface area contributed by atoms with Gasteiger partial charge in [0.1, 0.15) is 13.2 Å². The Morgan fingerprint density at radius 3 is 1.13 bits per heavy atom. The molecule has 3 atom stereocenters. The van der Waals surface area contributed by atoms with Gasteiger partial charge < -0.3 is 19.8 Å². The van der Waals surface area contributed by atoms with Crippen LogP contribution in [0.1, 0.15) is 316 Å². The fraction of sp³-hybridized carbons (Fsp3) is 0.919. The van der Waals surface area contributed by atoms with Crippen LogP contribution in [0, 0.1) is 0 Å². The summed E-state index contributed by atoms with van der Waals surface area (Å²) in [6.07, 6.45) is 68.7. The Bertz CT molecular complexity index is 1210. The number of unbranched alkanes of at least 4 members (excludes halogenated alkanes) is 43. The van der Waals surface area contributed by atoms with Crippen LogP contribution in [0.15, 0.2) is 24.3 Å². The van der Waals surface area contributed by atoms with Crippen LogP contribution in [0.5, 0.6) is 0 Å². The van der Waals surface area contributed by atoms with E-state index in [1.54, 1.807) is 6.08 Å². The summed E-state index contributed by atoms with van der Waals surface area (Å²) >= 11 is 0. The molecule has 8 nitrogen and oxygen atoms in total. The van der Waals surface area contributed by atoms with E-state index in [-0.39, 0.29) is 19.1 Å². The van der Waals surface area contributed by atoms with Gasteiger partial charge in [0, 0.05) is 6.42 Å². The van der Waals surface area contributed by atoms with Crippen molar-refractivity contribution in [1.29, 1.82) is 0 Å². The second kappa shape index (κ2) is 53.8. The summed E-state index contributed by atoms with van der Waals surface area (Å²) in [6, 6.07) is -0.861. The van der Waals surface area contributed by atoms with Crippen molar-refractivity contribution >= 4 is 13.7 Å². The summed E-state index contributed by atoms with van der Waals surface area (Å²) in [5.41, 5.74) is 0. The van der Waals surface area contributed by atoms with Gasteiger partial charge in [-0.1, -0.05) is 301 Å². The lowest BCUT2D eigenvalue weighted by molar-refractivity contribution is -0.870. The highest BCUT2D eigenvalue weighted by atomic mass is 31.2. The van der Waals surface area contributed by atoms with E-state index >= 15 is 0 Å². The predicted octanol–water partition coefficient (Wildman–Crippen LogP) is 19.2. The van der Waals surface area contributed by atoms with Gasteiger partial charge >= 0.3 is 7.82 Å². The highest BCUT2D eigenvalue weighted by Gasteiger charge is 2.27. The monoisotopic (exact) mass is 1020 g/mol. The SMILES string of the molecule is CCCCCCCCCCCCCCCCCCCC/C=C/CC/C=C/C(O)C(COP(=O)(O)OCC[N+](C)(C)C)NC(=O)CCCCCCCCCCCCCCCCCCCCCCCCCCC. The first-order valence-electron chi connectivity index (χ1n) is 31.2. The van der Waals surface area contributed by atoms with E-state index in [0.29, 0.717) is 17.4 Å². The van der Waals surface area contributed by atoms with E-state index in [2.05, 4.69) is 31.3 Å². The minimum absolute atomic E-state index is 0.0589. The number of hydrogen-bond donors (Lipinski definition) is 3. The average molecular weight is 1020 g/mol. The third-order valence-electron chi connectivity index (χ3n) is 14.4. The van der Waals surface area contributed by atoms with Crippen LogP contribution in [0.25, 0.3) is 0 Å². The van der Waals surface area contributed by atoms with Crippen LogP contribution >= 0.6 is 7.82 Å². The number of carbonyl (C=O) groups is 1. The van der Waals surface area contributed by atoms with E-state index in [1.165, 1.54) is 257 Å². The maximum absolute atomic E-state index is 13.0. The van der Waals surface area contributed by atoms with E-state index in [4.69, 9.17) is 9.05 Å². The molecule has 0 bridgehead atoms. The van der Waals surface area contributed by atoms with Crippen molar-refractivity contribution in [2.75, 3.05) is 40.9 Å². The maximum atomic E-state index is 13.0. The second-order valence-electron chi connectivity index (χ2n) is 22.8. The van der Waals surface area contributed by atoms with E-state index in [1.807, 2.05) is 27.2 Å². The molecule has 3 unspecified atom stereocenters. The highest BCUT2D eigenvalue weighted by Crippen LogP contribution is 2.43. The summed E-state index contributed by atoms with van der Waals surface area (Å²) in [7, 11) is 1.57. The van der Waals surface area contributed by atoms with E-state index in [9.17, 15) is 19.4 Å². The Morgan fingerprint density at radius 1 is 0.465 bits per heavy atom. The lowest BCUT2D eigenvalue weighted by Gasteiger charge is -2.25. The summed E-state index contributed by atoms with van der Waals surface area (Å²) in [5, 5.41) is 14.0. The standard InChI is InChI=1S/C62H123N2O6P/c1-6-8-10-12-14-16-18-20-22-24-26-28-30-32-34-36-38-40-42-44-46-48-50-52-54-56-62(66)63-60(59-70-71(67,68)69-58-57-64(3,4)5)61(65)55-53-51-49-47-45-43-41-39-37-35-33-31-29-27-25-23-21-19-17-15-13-11-9-7-2/h45,47,53,55,60-61,65H,6-44,46,48-52,54,56-59H2,1-5H3,(H-,63,66,67,68)/p+1/b47-45+,55-53+. The Balaban J connectivity index is 4.16. The molecule has 9 heteroatoms. The van der Waals surface area contributed by atoms with Gasteiger partial charge in [-0.15, -0.1) is 0 Å². The number of aliphatic hydroxyl groups is 1. The number of phosphoric ester groups is 1. The molecular formula is C62H124N2O6P+. The van der Waals surface area contributed by atoms with Gasteiger partial charge in [-0.25, -0.2) is 4.57 Å². The van der Waals surface area contributed by atoms with Crippen molar-refractivity contribution in [1.82, 2.24) is 5.32 Å². The van der Waals surface area contributed by atoms with Gasteiger partial charge in [0.2, 0.25) is 5.91 Å². The molecule has 0 aromatic heterocycles. The molecule has 0 aromatic rings. The fourth-order valence-corrected chi connectivity index (χ4v) is 10.3. The van der Waals surface area contributed by atoms with Gasteiger partial charge in [-0.2, -0.15) is 0 Å². The number of carbonyl (C=O) groups excluding carboxylic acids is 1. The molecule has 0 aliphatic carbocycles. The third-order valence-corrected chi connectivity index (χ3v) is 15.4. The minimum Gasteiger partial charge on any atom is -0.387 e. The summed E-state index contributed by atoms with van der Waals surface area (Å²) in [5.74, 6) is -0.179. The molecular weight excluding hydrogens is 900 g/mol. The highest BCUT2D eigenvalue weighted by molar-refractivity contribution is 7.47. The molecule has 0 saturated carbocycles. The molecule has 0 radical (unpaired) electrons. The van der Waals surface area contributed by atoms with Gasteiger partial charge in [0.05, 0.1) is 39.9 Å². The normalized spacial score (nSPS) is 14.0. The maximum Gasteiger partial charge on any atom is 0.472 e. The van der Waals surface area contributed by atoms with Gasteiger partial charge in [0.15, 0.2) is 0 Å². The lowest BCUT2D eigenvalue weighted by Crippen LogP contribution is -2.45. The number of quaternary nitrogens is 1. The van der Waals surface area contributed by atoms with Crippen molar-refractivity contribution in [3.8, 4) is 0 Å². The summed E-state index contributed by atoms with van der Waals surface area (Å²) < 4.78 is 23.7. The number of aliphatic hydroxyl groups excluding tert-OH is 1. The first kappa shape index (κ1) is 70.0. The first-order valence-corrected chi connectivity index (χ1v) is 32.7. The number of likely N-dealkylation sites (N-methyl/N-ethyl adjacent to an activating group) is 1. The Kier molecular flexibility index (Phi) is 53.0. The Hall–Kier alpha value is -1.02. The molecule has 0 spiro atoms. The zero-order valence-corrected chi connectivity index (χ0v) is 49.1. The van der Waals surface area contributed by atoms with E-state index < -0.39 is 20.0 Å². The lowest BCUT2D eigenvalue weighted by atomic mass is 10.0. The number of amides is 1. The molecule has 0 heterocycles. The van der Waals surface area contributed by atoms with Crippen LogP contribution in [-0.4, -0.2) is 73.4 Å². The zero-order chi connectivity index (χ0) is 52.0. The number of phosphoric acid groups is 1. The quantitative estimate of drug-likeness (QED) is 0.0243. The van der Waals surface area contributed by atoms with Crippen LogP contribution in [0.2, 0.25) is 0 Å². The molecule has 0 aliphatic heterocycles. The van der Waals surface area contributed by atoms with Crippen molar-refractivity contribution in [2.24, 2.45) is 0 Å². The van der Waals surface area contributed by atoms with Crippen molar-refractivity contribution in [2.45, 2.75) is 328 Å². The molecule has 0 rings (SSSR count). The molecule has 1 amide bonds. The number of allylic oxidation sites excluding steroid dienone is 3. The topological polar surface area (TPSA) is 105 Å². The van der Waals surface area contributed by atoms with Gasteiger partial charge in [-0.3, -0.25) is 13.8 Å². The van der Waals surface area contributed by atoms with Crippen LogP contribution in [-0.2, 0) is 18.4 Å². The van der Waals surface area contributed by atoms with Crippen LogP contribution < -0.4 is 5.32 Å². The summed E-state index contributed by atoms with van der Waals surface area (Å²) in [6.45, 7) is 4.85. The second-order valence-corrected chi connectivity index (χ2v) is 24.2. The van der Waals surface area contributed by atoms with Crippen LogP contribution in [0.4, 0.5) is 0 Å². The van der Waals surface area contributed by atoms with Crippen molar-refractivity contribution in [3.63, 3.8) is 0 Å². The molecule has 0 saturated heterocycles. The molecule has 0 aromatic carbocycles. The molecule has 3 N–H and O–H groups in total. The molecule has 0 aliphatic rings. The number of nitrogens with zero attached hydrogens (tertiary/aromatic N) is 1. The number of rotatable bonds is 58. The third kappa shape index (κ3) is 56.5. The largest absolute Gasteiger partial charge is 0.472 e.